The van der Waals surface area contributed by atoms with Crippen LogP contribution in [0.4, 0.5) is 0 Å². The van der Waals surface area contributed by atoms with Crippen molar-refractivity contribution in [2.45, 2.75) is 234 Å². The largest absolute Gasteiger partial charge is 0.623 e. The Bertz CT molecular complexity index is 2170. The number of amides is 1. The summed E-state index contributed by atoms with van der Waals surface area (Å²) in [6.07, 6.45) is -70.1. The molecule has 0 aromatic heterocycles. The van der Waals surface area contributed by atoms with E-state index in [1.54, 1.807) is 0 Å². The maximum Gasteiger partial charge on any atom is 0.290 e. The fraction of sp³-hybridized carbons (Fsp3) is 0.957. The topological polar surface area (TPSA) is 589 Å². The first-order chi connectivity index (χ1) is 40.5. The Kier molecular flexibility index (Phi) is 22.4. The number of hydrogen-bond donors (Lipinski definition) is 21. The van der Waals surface area contributed by atoms with Crippen LogP contribution in [0.1, 0.15) is 12.8 Å². The molecule has 22 rings (SSSR count). The Morgan fingerprint density at radius 3 is 0.729 bits per heavy atom. The molecule has 0 aromatic rings. The summed E-state index contributed by atoms with van der Waals surface area (Å²) < 4.78 is 81.0. The summed E-state index contributed by atoms with van der Waals surface area (Å²) in [5.74, 6) is -0.862. The van der Waals surface area contributed by atoms with E-state index in [2.05, 4.69) is 5.32 Å². The number of carbonyl (C=O) groups is 1. The maximum atomic E-state index is 13.3. The average molecular weight is 1250 g/mol. The molecule has 0 aliphatic carbocycles. The number of carbonyl (C=O) groups excluding carboxylic acids is 1. The van der Waals surface area contributed by atoms with Crippen LogP contribution in [0.2, 0.25) is 0 Å². The van der Waals surface area contributed by atoms with Crippen molar-refractivity contribution in [1.82, 2.24) is 5.32 Å². The number of hydroxylamine groups is 1. The molecular weight excluding hydrogens is 1170 g/mol. The predicted octanol–water partition coefficient (Wildman–Crippen LogP) is -15.4. The molecule has 490 valence electrons. The van der Waals surface area contributed by atoms with Crippen molar-refractivity contribution in [3.63, 3.8) is 0 Å². The lowest BCUT2D eigenvalue weighted by Crippen LogP contribution is -2.68. The predicted molar refractivity (Wildman–Crippen MR) is 257 cm³/mol. The Morgan fingerprint density at radius 2 is 0.541 bits per heavy atom. The van der Waals surface area contributed by atoms with Crippen molar-refractivity contribution in [2.24, 2.45) is 0 Å². The standard InChI is InChI=1S/C47H76N2O36/c50-5-13-34-21(58)28(65)43(74-13)82-36-15(7-52)76-45(30(67)23(36)60)84-38-17(9-54)78-47(32(69)25(38)62)85-39-18(10-55)77-46(31(68)24(39)61)83-37-16(8-53)75-44(29(66)22(37)59)81-35-14(6-51)73-42(27(64)20(35)57)79-33-12(72-41(80-34)26(63)19(33)56)4-48-40(70)11-2-1-3-49(11)71/h3,11-39,41-47,50-69H,1-2,4-10H2,(H,48,70)/t11-,12+,13+,14+,15+,16+,17+,18+,19+,20+,21+,22+,23+,24+,25+,26+,27+,28+,29+,30+,31+,32+,33+,34+,35+,36+,37+,38+,39+,41+,42+,43+,44+,45+,46+,47+/m0/s1. The van der Waals surface area contributed by atoms with E-state index in [0.717, 1.165) is 0 Å². The molecule has 22 aliphatic heterocycles. The molecule has 85 heavy (non-hydrogen) atoms. The first kappa shape index (κ1) is 67.0. The van der Waals surface area contributed by atoms with E-state index in [1.807, 2.05) is 0 Å². The molecule has 0 unspecified atom stereocenters. The summed E-state index contributed by atoms with van der Waals surface area (Å²) in [7, 11) is 0. The van der Waals surface area contributed by atoms with Gasteiger partial charge < -0.3 is 179 Å². The van der Waals surface area contributed by atoms with E-state index in [-0.39, 0.29) is 12.8 Å². The second-order valence-electron chi connectivity index (χ2n) is 21.8. The van der Waals surface area contributed by atoms with Gasteiger partial charge in [0, 0.05) is 19.4 Å². The molecule has 22 heterocycles. The molecule has 14 bridgehead atoms. The minimum absolute atomic E-state index is 0.0840. The first-order valence-electron chi connectivity index (χ1n) is 27.4. The van der Waals surface area contributed by atoms with Crippen LogP contribution >= 0.6 is 0 Å². The van der Waals surface area contributed by atoms with Crippen molar-refractivity contribution < 1.29 is 178 Å². The molecule has 21 N–H and O–H groups in total. The number of aliphatic hydroxyl groups is 20. The smallest absolute Gasteiger partial charge is 0.290 e. The van der Waals surface area contributed by atoms with Gasteiger partial charge in [-0.15, -0.1) is 0 Å². The summed E-state index contributed by atoms with van der Waals surface area (Å²) in [5, 5.41) is 238. The van der Waals surface area contributed by atoms with Gasteiger partial charge in [0.15, 0.2) is 50.2 Å². The van der Waals surface area contributed by atoms with Crippen LogP contribution in [0.3, 0.4) is 0 Å². The van der Waals surface area contributed by atoms with Crippen molar-refractivity contribution in [3.8, 4) is 0 Å². The van der Waals surface area contributed by atoms with Gasteiger partial charge in [0.25, 0.3) is 5.91 Å². The minimum Gasteiger partial charge on any atom is -0.623 e. The molecule has 38 heteroatoms. The zero-order valence-corrected chi connectivity index (χ0v) is 44.6. The van der Waals surface area contributed by atoms with Crippen molar-refractivity contribution in [3.05, 3.63) is 5.21 Å². The second-order valence-corrected chi connectivity index (χ2v) is 21.8. The van der Waals surface area contributed by atoms with Gasteiger partial charge in [0.1, 0.15) is 171 Å². The van der Waals surface area contributed by atoms with Crippen LogP contribution in [0.25, 0.3) is 0 Å². The van der Waals surface area contributed by atoms with Gasteiger partial charge in [0.05, 0.1) is 39.6 Å². The number of nitrogens with zero attached hydrogens (tertiary/aromatic N) is 1. The quantitative estimate of drug-likeness (QED) is 0.0753. The molecule has 36 atom stereocenters. The van der Waals surface area contributed by atoms with Gasteiger partial charge in [0.2, 0.25) is 6.04 Å². The molecule has 0 saturated carbocycles. The molecule has 22 aliphatic rings. The third-order valence-electron chi connectivity index (χ3n) is 16.4. The third-order valence-corrected chi connectivity index (χ3v) is 16.4. The molecule has 0 aromatic carbocycles. The van der Waals surface area contributed by atoms with Crippen molar-refractivity contribution in [2.75, 3.05) is 46.2 Å². The maximum absolute atomic E-state index is 13.3. The fourth-order valence-corrected chi connectivity index (χ4v) is 11.6. The van der Waals surface area contributed by atoms with E-state index >= 15 is 0 Å². The van der Waals surface area contributed by atoms with E-state index in [4.69, 9.17) is 66.3 Å². The SMILES string of the molecule is O=C(NC[C@H]1O[C@@H]2O[C@H]3[C@H](O)[C@@H](O)[C@@H](O[C@H]4[C@H](O)[C@@H](O)[C@@H](O[C@H]5[C@H](O)[C@@H](O)[C@@H](O[C@H]6[C@H](O)[C@@H](O)[C@@H](O[C@H]7[C@H](O)[C@@H](O)[C@@H](O[C@H]8[C@H](O)[C@@H](O)[C@@H](O[C@H]1[C@H](O)[C@H]2O)O[C@@H]8CO)O[C@@H]7CO)O[C@@H]6CO)O[C@@H]5CO)O[C@@H]4CO)O[C@@H]3CO)[C@@H]1CCC=[N+]1[O-]. The highest BCUT2D eigenvalue weighted by atomic mass is 16.8. The number of rotatable bonds is 9. The second kappa shape index (κ2) is 28.4. The van der Waals surface area contributed by atoms with E-state index in [9.17, 15) is 112 Å². The lowest BCUT2D eigenvalue weighted by atomic mass is 9.95. The number of ether oxygens (including phenoxy) is 14. The first-order valence-corrected chi connectivity index (χ1v) is 27.4. The normalized spacial score (nSPS) is 52.9. The van der Waals surface area contributed by atoms with Crippen LogP contribution in [0.15, 0.2) is 0 Å². The fourth-order valence-electron chi connectivity index (χ4n) is 11.6. The molecule has 21 saturated heterocycles. The van der Waals surface area contributed by atoms with Gasteiger partial charge >= 0.3 is 0 Å². The zero-order valence-electron chi connectivity index (χ0n) is 44.6. The van der Waals surface area contributed by atoms with Crippen LogP contribution < -0.4 is 5.32 Å². The average Bonchev–Trinajstić information content (AvgIpc) is 3.98. The zero-order chi connectivity index (χ0) is 61.6. The van der Waals surface area contributed by atoms with Crippen LogP contribution in [-0.4, -0.2) is 386 Å². The Hall–Kier alpha value is -2.42. The van der Waals surface area contributed by atoms with Gasteiger partial charge in [-0.1, -0.05) is 0 Å². The van der Waals surface area contributed by atoms with Crippen LogP contribution in [-0.2, 0) is 71.1 Å². The highest BCUT2D eigenvalue weighted by Crippen LogP contribution is 2.39. The van der Waals surface area contributed by atoms with Gasteiger partial charge in [-0.3, -0.25) is 4.79 Å². The number of nitrogens with one attached hydrogen (secondary N) is 1. The third kappa shape index (κ3) is 13.4. The summed E-state index contributed by atoms with van der Waals surface area (Å²) in [4.78, 5) is 13.3. The van der Waals surface area contributed by atoms with E-state index in [0.29, 0.717) is 4.74 Å². The lowest BCUT2D eigenvalue weighted by Gasteiger charge is -2.50. The molecule has 38 nitrogen and oxygen atoms in total. The molecule has 21 fully saturated rings. The van der Waals surface area contributed by atoms with Crippen molar-refractivity contribution >= 4 is 12.1 Å². The molecule has 0 spiro atoms. The molecule has 1 amide bonds. The minimum atomic E-state index is -2.28. The molecule has 0 radical (unpaired) electrons. The Balaban J connectivity index is 1.01. The number of aliphatic hydroxyl groups excluding tert-OH is 20. The van der Waals surface area contributed by atoms with Crippen LogP contribution in [0, 0.1) is 5.21 Å². The lowest BCUT2D eigenvalue weighted by molar-refractivity contribution is -0.473. The van der Waals surface area contributed by atoms with Gasteiger partial charge in [-0.05, 0) is 0 Å². The molecular formula is C47H76N2O36. The monoisotopic (exact) mass is 1240 g/mol. The summed E-state index contributed by atoms with van der Waals surface area (Å²) >= 11 is 0. The van der Waals surface area contributed by atoms with Crippen LogP contribution in [0.5, 0.6) is 0 Å². The summed E-state index contributed by atoms with van der Waals surface area (Å²) in [5.41, 5.74) is 0. The van der Waals surface area contributed by atoms with Gasteiger partial charge in [-0.2, -0.15) is 0 Å². The summed E-state index contributed by atoms with van der Waals surface area (Å²) in [6, 6.07) is -1.23. The highest BCUT2D eigenvalue weighted by Gasteiger charge is 2.60. The van der Waals surface area contributed by atoms with E-state index < -0.39 is 273 Å². The highest BCUT2D eigenvalue weighted by molar-refractivity contribution is 5.82. The number of hydrogen-bond acceptors (Lipinski definition) is 36. The Morgan fingerprint density at radius 1 is 0.341 bits per heavy atom. The Labute approximate surface area is 480 Å². The van der Waals surface area contributed by atoms with E-state index in [1.165, 1.54) is 6.21 Å². The van der Waals surface area contributed by atoms with Gasteiger partial charge in [-0.25, -0.2) is 4.74 Å². The van der Waals surface area contributed by atoms with Crippen molar-refractivity contribution in [1.29, 1.82) is 0 Å². The summed E-state index contributed by atoms with van der Waals surface area (Å²) in [6.45, 7) is -7.15.